The minimum absolute atomic E-state index is 0.322. The maximum atomic E-state index is 13.7. The number of hydrogen-bond acceptors (Lipinski definition) is 7. The van der Waals surface area contributed by atoms with E-state index in [2.05, 4.69) is 34.2 Å². The van der Waals surface area contributed by atoms with Crippen LogP contribution in [0.3, 0.4) is 0 Å². The van der Waals surface area contributed by atoms with Gasteiger partial charge in [-0.15, -0.1) is 11.3 Å². The molecule has 8 nitrogen and oxygen atoms in total. The van der Waals surface area contributed by atoms with Crippen LogP contribution in [-0.2, 0) is 29.4 Å². The number of ether oxygens (including phenoxy) is 3. The molecule has 1 fully saturated rings. The summed E-state index contributed by atoms with van der Waals surface area (Å²) in [5, 5.41) is 2.08. The van der Waals surface area contributed by atoms with Crippen LogP contribution in [0.5, 0.6) is 17.2 Å². The summed E-state index contributed by atoms with van der Waals surface area (Å²) in [5.41, 5.74) is 5.12. The number of aryl methyl sites for hydroxylation is 1. The van der Waals surface area contributed by atoms with Crippen molar-refractivity contribution in [1.82, 2.24) is 8.87 Å². The summed E-state index contributed by atoms with van der Waals surface area (Å²) in [6.45, 7) is 1.73. The minimum Gasteiger partial charge on any atom is -0.497 e. The Bertz CT molecular complexity index is 1980. The van der Waals surface area contributed by atoms with Gasteiger partial charge in [-0.1, -0.05) is 48.5 Å². The highest BCUT2D eigenvalue weighted by atomic mass is 32.2. The van der Waals surface area contributed by atoms with E-state index in [0.717, 1.165) is 58.7 Å². The molecule has 0 spiro atoms. The lowest BCUT2D eigenvalue weighted by molar-refractivity contribution is 0.273. The van der Waals surface area contributed by atoms with Crippen molar-refractivity contribution in [2.24, 2.45) is 10.9 Å². The summed E-state index contributed by atoms with van der Waals surface area (Å²) in [7, 11) is 1.32. The molecule has 0 unspecified atom stereocenters. The van der Waals surface area contributed by atoms with Crippen molar-refractivity contribution < 1.29 is 22.6 Å². The molecule has 0 radical (unpaired) electrons. The molecule has 1 aliphatic rings. The number of thiazole rings is 1. The number of sulfonamides is 1. The van der Waals surface area contributed by atoms with Crippen LogP contribution in [0.25, 0.3) is 11.3 Å². The van der Waals surface area contributed by atoms with Gasteiger partial charge in [0.2, 0.25) is 10.0 Å². The number of aromatic nitrogens is 1. The highest BCUT2D eigenvalue weighted by Gasteiger charge is 2.29. The van der Waals surface area contributed by atoms with E-state index in [0.29, 0.717) is 41.9 Å². The van der Waals surface area contributed by atoms with E-state index >= 15 is 0 Å². The highest BCUT2D eigenvalue weighted by molar-refractivity contribution is 7.89. The molecule has 0 aliphatic carbocycles. The van der Waals surface area contributed by atoms with Gasteiger partial charge in [0, 0.05) is 25.0 Å². The first-order valence-corrected chi connectivity index (χ1v) is 18.4. The molecule has 0 N–H and O–H groups in total. The van der Waals surface area contributed by atoms with E-state index in [9.17, 15) is 8.42 Å². The maximum Gasteiger partial charge on any atom is 0.243 e. The van der Waals surface area contributed by atoms with E-state index in [1.54, 1.807) is 49.1 Å². The first kappa shape index (κ1) is 33.5. The molecule has 10 heteroatoms. The van der Waals surface area contributed by atoms with Crippen LogP contribution in [0.4, 0.5) is 5.69 Å². The van der Waals surface area contributed by atoms with Gasteiger partial charge in [0.1, 0.15) is 5.75 Å². The van der Waals surface area contributed by atoms with Crippen molar-refractivity contribution in [3.63, 3.8) is 0 Å². The van der Waals surface area contributed by atoms with E-state index in [4.69, 9.17) is 19.2 Å². The van der Waals surface area contributed by atoms with E-state index < -0.39 is 10.0 Å². The van der Waals surface area contributed by atoms with Crippen molar-refractivity contribution >= 4 is 27.0 Å². The highest BCUT2D eigenvalue weighted by Crippen LogP contribution is 2.30. The average Bonchev–Trinajstić information content (AvgIpc) is 3.53. The van der Waals surface area contributed by atoms with Gasteiger partial charge in [-0.2, -0.15) is 4.31 Å². The molecule has 0 saturated carbocycles. The van der Waals surface area contributed by atoms with E-state index in [1.165, 1.54) is 5.56 Å². The van der Waals surface area contributed by atoms with Gasteiger partial charge in [0.25, 0.3) is 0 Å². The Balaban J connectivity index is 1.23. The van der Waals surface area contributed by atoms with Crippen LogP contribution in [0.1, 0.15) is 24.0 Å². The number of rotatable bonds is 12. The second kappa shape index (κ2) is 15.2. The van der Waals surface area contributed by atoms with Crippen molar-refractivity contribution in [1.29, 1.82) is 0 Å². The fourth-order valence-electron chi connectivity index (χ4n) is 6.16. The van der Waals surface area contributed by atoms with Crippen LogP contribution >= 0.6 is 11.3 Å². The summed E-state index contributed by atoms with van der Waals surface area (Å²) >= 11 is 1.55. The van der Waals surface area contributed by atoms with E-state index in [-0.39, 0.29) is 0 Å². The monoisotopic (exact) mass is 683 g/mol. The second-order valence-electron chi connectivity index (χ2n) is 11.9. The van der Waals surface area contributed by atoms with Gasteiger partial charge < -0.3 is 18.8 Å². The number of methoxy groups -OCH3 is 3. The zero-order valence-electron chi connectivity index (χ0n) is 27.5. The number of hydrogen-bond donors (Lipinski definition) is 0. The quantitative estimate of drug-likeness (QED) is 0.137. The molecule has 48 heavy (non-hydrogen) atoms. The Labute approximate surface area is 286 Å². The largest absolute Gasteiger partial charge is 0.497 e. The third kappa shape index (κ3) is 7.67. The molecule has 2 heterocycles. The normalized spacial score (nSPS) is 14.6. The molecule has 1 saturated heterocycles. The SMILES string of the molecule is COc1ccc(N=c2scc(-c3ccc(S(=O)(=O)N4CCC(Cc5ccccc5)CC4)cc3)n2CCc2ccc(OC)c(OC)c2)cc1. The van der Waals surface area contributed by atoms with Crippen LogP contribution < -0.4 is 19.0 Å². The molecule has 0 amide bonds. The summed E-state index contributed by atoms with van der Waals surface area (Å²) in [5.74, 6) is 2.64. The summed E-state index contributed by atoms with van der Waals surface area (Å²) in [4.78, 5) is 6.13. The van der Waals surface area contributed by atoms with Crippen molar-refractivity contribution in [3.8, 4) is 28.5 Å². The Kier molecular flexibility index (Phi) is 10.6. The maximum absolute atomic E-state index is 13.7. The fourth-order valence-corrected chi connectivity index (χ4v) is 8.58. The lowest BCUT2D eigenvalue weighted by Gasteiger charge is -2.31. The zero-order chi connectivity index (χ0) is 33.5. The topological polar surface area (TPSA) is 82.4 Å². The van der Waals surface area contributed by atoms with Gasteiger partial charge >= 0.3 is 0 Å². The number of benzene rings is 4. The van der Waals surface area contributed by atoms with Gasteiger partial charge in [-0.05, 0) is 96.8 Å². The zero-order valence-corrected chi connectivity index (χ0v) is 29.2. The van der Waals surface area contributed by atoms with Crippen molar-refractivity contribution in [2.45, 2.75) is 37.1 Å². The minimum atomic E-state index is -3.59. The van der Waals surface area contributed by atoms with E-state index in [1.807, 2.05) is 60.7 Å². The van der Waals surface area contributed by atoms with Crippen molar-refractivity contribution in [2.75, 3.05) is 34.4 Å². The predicted molar refractivity (Wildman–Crippen MR) is 191 cm³/mol. The molecule has 6 rings (SSSR count). The second-order valence-corrected chi connectivity index (χ2v) is 14.6. The molecule has 1 aromatic heterocycles. The average molecular weight is 684 g/mol. The van der Waals surface area contributed by atoms with Crippen LogP contribution in [0, 0.1) is 5.92 Å². The molecule has 4 aromatic carbocycles. The van der Waals surface area contributed by atoms with Gasteiger partial charge in [-0.3, -0.25) is 0 Å². The standard InChI is InChI=1S/C38H41N3O5S2/c1-44-33-14-12-32(13-15-33)39-38-41(24-21-29-9-18-36(45-2)37(26-29)46-3)35(27-47-38)31-10-16-34(17-11-31)48(42,43)40-22-19-30(20-23-40)25-28-7-5-4-6-8-28/h4-18,26-27,30H,19-25H2,1-3H3. The first-order valence-electron chi connectivity index (χ1n) is 16.1. The molecule has 250 valence electrons. The Morgan fingerprint density at radius 2 is 1.50 bits per heavy atom. The Morgan fingerprint density at radius 1 is 0.792 bits per heavy atom. The third-order valence-electron chi connectivity index (χ3n) is 8.90. The Morgan fingerprint density at radius 3 is 2.17 bits per heavy atom. The summed E-state index contributed by atoms with van der Waals surface area (Å²) in [6.07, 6.45) is 3.44. The molecule has 0 atom stereocenters. The lowest BCUT2D eigenvalue weighted by Crippen LogP contribution is -2.38. The first-order chi connectivity index (χ1) is 23.4. The van der Waals surface area contributed by atoms with Crippen LogP contribution in [-0.4, -0.2) is 51.7 Å². The Hall–Kier alpha value is -4.38. The molecule has 0 bridgehead atoms. The van der Waals surface area contributed by atoms with Crippen LogP contribution in [0.15, 0.2) is 112 Å². The van der Waals surface area contributed by atoms with Crippen molar-refractivity contribution in [3.05, 3.63) is 118 Å². The summed E-state index contributed by atoms with van der Waals surface area (Å²) < 4.78 is 47.4. The molecule has 5 aromatic rings. The van der Waals surface area contributed by atoms with Gasteiger partial charge in [0.05, 0.1) is 37.6 Å². The third-order valence-corrected chi connectivity index (χ3v) is 11.7. The fraction of sp³-hybridized carbons (Fsp3) is 0.289. The summed E-state index contributed by atoms with van der Waals surface area (Å²) in [6, 6.07) is 31.3. The van der Waals surface area contributed by atoms with Gasteiger partial charge in [-0.25, -0.2) is 13.4 Å². The van der Waals surface area contributed by atoms with Crippen LogP contribution in [0.2, 0.25) is 0 Å². The van der Waals surface area contributed by atoms with Gasteiger partial charge in [0.15, 0.2) is 16.3 Å². The predicted octanol–water partition coefficient (Wildman–Crippen LogP) is 7.36. The molecular formula is C38H41N3O5S2. The molecule has 1 aliphatic heterocycles. The smallest absolute Gasteiger partial charge is 0.243 e. The molecular weight excluding hydrogens is 643 g/mol. The number of piperidine rings is 1. The number of nitrogens with zero attached hydrogens (tertiary/aromatic N) is 3. The lowest BCUT2D eigenvalue weighted by atomic mass is 9.91.